The molecule has 6 heteroatoms. The molecule has 100 valence electrons. The van der Waals surface area contributed by atoms with E-state index in [1.54, 1.807) is 11.8 Å². The predicted octanol–water partition coefficient (Wildman–Crippen LogP) is 0.449. The Kier molecular flexibility index (Phi) is 5.39. The third kappa shape index (κ3) is 4.63. The number of carbonyl (C=O) groups excluding carboxylic acids is 1. The van der Waals surface area contributed by atoms with Crippen LogP contribution in [0.2, 0.25) is 0 Å². The molecule has 1 fully saturated rings. The Balaban J connectivity index is 2.37. The minimum absolute atomic E-state index is 0.0599. The highest BCUT2D eigenvalue weighted by molar-refractivity contribution is 7.91. The lowest BCUT2D eigenvalue weighted by atomic mass is 10.3. The van der Waals surface area contributed by atoms with Crippen LogP contribution in [-0.4, -0.2) is 56.5 Å². The van der Waals surface area contributed by atoms with Gasteiger partial charge >= 0.3 is 0 Å². The van der Waals surface area contributed by atoms with E-state index in [0.717, 1.165) is 12.8 Å². The molecule has 0 unspecified atom stereocenters. The zero-order chi connectivity index (χ0) is 12.9. The fourth-order valence-corrected chi connectivity index (χ4v) is 3.41. The molecule has 1 saturated heterocycles. The van der Waals surface area contributed by atoms with Gasteiger partial charge in [0, 0.05) is 19.2 Å². The van der Waals surface area contributed by atoms with E-state index in [4.69, 9.17) is 4.74 Å². The highest BCUT2D eigenvalue weighted by Gasteiger charge is 2.30. The highest BCUT2D eigenvalue weighted by atomic mass is 32.2. The van der Waals surface area contributed by atoms with Crippen molar-refractivity contribution >= 4 is 15.7 Å². The van der Waals surface area contributed by atoms with Gasteiger partial charge in [-0.1, -0.05) is 13.3 Å². The summed E-state index contributed by atoms with van der Waals surface area (Å²) in [4.78, 5) is 13.4. The van der Waals surface area contributed by atoms with Gasteiger partial charge in [-0.05, 0) is 13.3 Å². The maximum Gasteiger partial charge on any atom is 0.248 e. The second-order valence-corrected chi connectivity index (χ2v) is 6.69. The molecular weight excluding hydrogens is 242 g/mol. The van der Waals surface area contributed by atoms with E-state index >= 15 is 0 Å². The first-order valence-corrected chi connectivity index (χ1v) is 7.86. The van der Waals surface area contributed by atoms with Gasteiger partial charge in [0.2, 0.25) is 5.91 Å². The zero-order valence-corrected chi connectivity index (χ0v) is 11.3. The van der Waals surface area contributed by atoms with E-state index in [1.165, 1.54) is 0 Å². The van der Waals surface area contributed by atoms with E-state index in [-0.39, 0.29) is 30.1 Å². The molecule has 0 aromatic heterocycles. The molecule has 1 amide bonds. The van der Waals surface area contributed by atoms with Crippen molar-refractivity contribution in [1.82, 2.24) is 4.90 Å². The van der Waals surface area contributed by atoms with Crippen molar-refractivity contribution < 1.29 is 17.9 Å². The molecule has 0 spiro atoms. The van der Waals surface area contributed by atoms with Gasteiger partial charge < -0.3 is 9.64 Å². The predicted molar refractivity (Wildman–Crippen MR) is 65.6 cm³/mol. The van der Waals surface area contributed by atoms with E-state index in [9.17, 15) is 13.2 Å². The third-order valence-electron chi connectivity index (χ3n) is 2.86. The van der Waals surface area contributed by atoms with Gasteiger partial charge in [-0.2, -0.15) is 0 Å². The molecule has 5 nitrogen and oxygen atoms in total. The average molecular weight is 263 g/mol. The Labute approximate surface area is 103 Å². The first-order chi connectivity index (χ1) is 7.96. The van der Waals surface area contributed by atoms with Gasteiger partial charge in [-0.15, -0.1) is 0 Å². The number of hydrogen-bond acceptors (Lipinski definition) is 4. The van der Waals surface area contributed by atoms with Crippen molar-refractivity contribution in [3.8, 4) is 0 Å². The van der Waals surface area contributed by atoms with E-state index in [0.29, 0.717) is 13.2 Å². The smallest absolute Gasteiger partial charge is 0.248 e. The van der Waals surface area contributed by atoms with Crippen LogP contribution in [0.1, 0.15) is 26.7 Å². The molecular formula is C11H21NO4S. The highest BCUT2D eigenvalue weighted by Crippen LogP contribution is 2.11. The van der Waals surface area contributed by atoms with Crippen LogP contribution >= 0.6 is 0 Å². The lowest BCUT2D eigenvalue weighted by Gasteiger charge is -2.33. The van der Waals surface area contributed by atoms with Crippen LogP contribution < -0.4 is 0 Å². The van der Waals surface area contributed by atoms with E-state index in [2.05, 4.69) is 6.92 Å². The van der Waals surface area contributed by atoms with Crippen LogP contribution in [0, 0.1) is 0 Å². The van der Waals surface area contributed by atoms with Gasteiger partial charge in [0.25, 0.3) is 0 Å². The number of unbranched alkanes of at least 4 members (excludes halogenated alkanes) is 1. The summed E-state index contributed by atoms with van der Waals surface area (Å²) in [6.07, 6.45) is 1.98. The van der Waals surface area contributed by atoms with Crippen LogP contribution in [0.5, 0.6) is 0 Å². The lowest BCUT2D eigenvalue weighted by molar-refractivity contribution is -0.137. The lowest BCUT2D eigenvalue weighted by Crippen LogP contribution is -2.50. The molecule has 0 bridgehead atoms. The molecule has 0 aromatic carbocycles. The summed E-state index contributed by atoms with van der Waals surface area (Å²) < 4.78 is 28.0. The van der Waals surface area contributed by atoms with Crippen molar-refractivity contribution in [3.63, 3.8) is 0 Å². The van der Waals surface area contributed by atoms with Gasteiger partial charge in [-0.25, -0.2) is 8.42 Å². The molecule has 1 rings (SSSR count). The van der Waals surface area contributed by atoms with Crippen LogP contribution in [0.4, 0.5) is 0 Å². The van der Waals surface area contributed by atoms with Crippen molar-refractivity contribution in [2.24, 2.45) is 0 Å². The Bertz CT molecular complexity index is 352. The summed E-state index contributed by atoms with van der Waals surface area (Å²) in [7, 11) is -2.96. The Morgan fingerprint density at radius 1 is 1.47 bits per heavy atom. The fourth-order valence-electron chi connectivity index (χ4n) is 1.86. The minimum atomic E-state index is -2.96. The number of amides is 1. The molecule has 0 saturated carbocycles. The maximum absolute atomic E-state index is 11.8. The van der Waals surface area contributed by atoms with Gasteiger partial charge in [-0.3, -0.25) is 4.79 Å². The summed E-state index contributed by atoms with van der Waals surface area (Å²) >= 11 is 0. The molecule has 1 heterocycles. The number of nitrogens with zero attached hydrogens (tertiary/aromatic N) is 1. The van der Waals surface area contributed by atoms with Crippen LogP contribution in [0.25, 0.3) is 0 Å². The van der Waals surface area contributed by atoms with Crippen LogP contribution in [0.15, 0.2) is 0 Å². The second-order valence-electron chi connectivity index (χ2n) is 4.46. The molecule has 0 N–H and O–H groups in total. The molecule has 0 aromatic rings. The largest absolute Gasteiger partial charge is 0.372 e. The number of carbonyl (C=O) groups is 1. The summed E-state index contributed by atoms with van der Waals surface area (Å²) in [6.45, 7) is 4.76. The number of ether oxygens (including phenoxy) is 1. The molecule has 1 aliphatic heterocycles. The first-order valence-electron chi connectivity index (χ1n) is 6.04. The maximum atomic E-state index is 11.8. The molecule has 1 aliphatic rings. The summed E-state index contributed by atoms with van der Waals surface area (Å²) in [5.74, 6) is 0.0228. The number of hydrogen-bond donors (Lipinski definition) is 0. The molecule has 1 atom stereocenters. The molecule has 17 heavy (non-hydrogen) atoms. The third-order valence-corrected chi connectivity index (χ3v) is 4.65. The van der Waals surface area contributed by atoms with Gasteiger partial charge in [0.15, 0.2) is 9.84 Å². The number of sulfone groups is 1. The van der Waals surface area contributed by atoms with Crippen molar-refractivity contribution in [3.05, 3.63) is 0 Å². The Morgan fingerprint density at radius 3 is 2.76 bits per heavy atom. The Morgan fingerprint density at radius 2 is 2.18 bits per heavy atom. The second kappa shape index (κ2) is 6.35. The van der Waals surface area contributed by atoms with Gasteiger partial charge in [0.05, 0.1) is 11.5 Å². The monoisotopic (exact) mass is 263 g/mol. The summed E-state index contributed by atoms with van der Waals surface area (Å²) in [6, 6.07) is -0.240. The topological polar surface area (TPSA) is 63.7 Å². The number of rotatable bonds is 5. The van der Waals surface area contributed by atoms with Crippen LogP contribution in [0.3, 0.4) is 0 Å². The van der Waals surface area contributed by atoms with Crippen molar-refractivity contribution in [2.75, 3.05) is 31.3 Å². The summed E-state index contributed by atoms with van der Waals surface area (Å²) in [5, 5.41) is 0. The SMILES string of the molecule is CCCCOCC(=O)N1CCS(=O)(=O)C[C@H]1C. The fraction of sp³-hybridized carbons (Fsp3) is 0.909. The zero-order valence-electron chi connectivity index (χ0n) is 10.5. The normalized spacial score (nSPS) is 23.6. The minimum Gasteiger partial charge on any atom is -0.372 e. The van der Waals surface area contributed by atoms with Crippen molar-refractivity contribution in [1.29, 1.82) is 0 Å². The van der Waals surface area contributed by atoms with E-state index < -0.39 is 9.84 Å². The quantitative estimate of drug-likeness (QED) is 0.676. The first kappa shape index (κ1) is 14.4. The van der Waals surface area contributed by atoms with Gasteiger partial charge in [0.1, 0.15) is 6.61 Å². The van der Waals surface area contributed by atoms with Crippen LogP contribution in [-0.2, 0) is 19.4 Å². The molecule has 0 radical (unpaired) electrons. The van der Waals surface area contributed by atoms with E-state index in [1.807, 2.05) is 0 Å². The summed E-state index contributed by atoms with van der Waals surface area (Å²) in [5.41, 5.74) is 0. The standard InChI is InChI=1S/C11H21NO4S/c1-3-4-6-16-8-11(13)12-5-7-17(14,15)9-10(12)2/h10H,3-9H2,1-2H3/t10-/m1/s1. The Hall–Kier alpha value is -0.620. The van der Waals surface area contributed by atoms with Crippen molar-refractivity contribution in [2.45, 2.75) is 32.7 Å². The average Bonchev–Trinajstić information content (AvgIpc) is 2.23. The molecule has 0 aliphatic carbocycles.